The first-order valence-corrected chi connectivity index (χ1v) is 6.30. The fourth-order valence-electron chi connectivity index (χ4n) is 1.86. The highest BCUT2D eigenvalue weighted by Gasteiger charge is 2.19. The molecule has 1 unspecified atom stereocenters. The number of nitrogens with two attached hydrogens (primary N) is 1. The average Bonchev–Trinajstić information content (AvgIpc) is 2.17. The van der Waals surface area contributed by atoms with E-state index in [1.54, 1.807) is 0 Å². The number of aryl methyl sites for hydroxylation is 1. The molecule has 4 heteroatoms. The van der Waals surface area contributed by atoms with Gasteiger partial charge in [0, 0.05) is 30.3 Å². The van der Waals surface area contributed by atoms with Crippen molar-refractivity contribution in [3.05, 3.63) is 17.8 Å². The van der Waals surface area contributed by atoms with Gasteiger partial charge in [0.2, 0.25) is 0 Å². The SMILES string of the molecule is Cc1cnc(N2CCSC(C)C2)c(N)c1. The van der Waals surface area contributed by atoms with Crippen LogP contribution in [0, 0.1) is 6.92 Å². The van der Waals surface area contributed by atoms with E-state index < -0.39 is 0 Å². The van der Waals surface area contributed by atoms with Crippen molar-refractivity contribution < 1.29 is 0 Å². The van der Waals surface area contributed by atoms with E-state index in [0.717, 1.165) is 35.9 Å². The third kappa shape index (κ3) is 2.37. The molecule has 0 bridgehead atoms. The molecule has 2 heterocycles. The molecule has 1 aromatic rings. The molecule has 0 amide bonds. The predicted molar refractivity (Wildman–Crippen MR) is 67.5 cm³/mol. The van der Waals surface area contributed by atoms with Gasteiger partial charge in [0.1, 0.15) is 0 Å². The number of rotatable bonds is 1. The normalized spacial score (nSPS) is 21.7. The molecule has 1 aliphatic rings. The number of nitrogen functional groups attached to an aromatic ring is 1. The second kappa shape index (κ2) is 4.31. The molecule has 1 atom stereocenters. The van der Waals surface area contributed by atoms with Gasteiger partial charge in [-0.1, -0.05) is 6.92 Å². The van der Waals surface area contributed by atoms with Gasteiger partial charge in [-0.25, -0.2) is 4.98 Å². The summed E-state index contributed by atoms with van der Waals surface area (Å²) in [5.74, 6) is 2.11. The third-order valence-electron chi connectivity index (χ3n) is 2.57. The number of anilines is 2. The molecular formula is C11H17N3S. The topological polar surface area (TPSA) is 42.2 Å². The predicted octanol–water partition coefficient (Wildman–Crippen LogP) is 1.91. The van der Waals surface area contributed by atoms with Gasteiger partial charge in [0.15, 0.2) is 5.82 Å². The van der Waals surface area contributed by atoms with Crippen molar-refractivity contribution in [2.75, 3.05) is 29.5 Å². The first kappa shape index (κ1) is 10.6. The van der Waals surface area contributed by atoms with Gasteiger partial charge in [-0.15, -0.1) is 0 Å². The minimum Gasteiger partial charge on any atom is -0.396 e. The molecule has 1 fully saturated rings. The molecule has 0 aliphatic carbocycles. The van der Waals surface area contributed by atoms with Crippen LogP contribution in [0.3, 0.4) is 0 Å². The van der Waals surface area contributed by atoms with Crippen LogP contribution in [0.4, 0.5) is 11.5 Å². The lowest BCUT2D eigenvalue weighted by Gasteiger charge is -2.32. The second-order valence-corrected chi connectivity index (χ2v) is 5.60. The summed E-state index contributed by atoms with van der Waals surface area (Å²) in [5, 5.41) is 0.668. The molecule has 15 heavy (non-hydrogen) atoms. The van der Waals surface area contributed by atoms with Crippen LogP contribution >= 0.6 is 11.8 Å². The molecular weight excluding hydrogens is 206 g/mol. The Bertz CT molecular complexity index is 354. The largest absolute Gasteiger partial charge is 0.396 e. The van der Waals surface area contributed by atoms with Gasteiger partial charge >= 0.3 is 0 Å². The second-order valence-electron chi connectivity index (χ2n) is 4.05. The van der Waals surface area contributed by atoms with E-state index in [2.05, 4.69) is 16.8 Å². The van der Waals surface area contributed by atoms with Crippen LogP contribution < -0.4 is 10.6 Å². The zero-order chi connectivity index (χ0) is 10.8. The first-order chi connectivity index (χ1) is 7.16. The van der Waals surface area contributed by atoms with Crippen LogP contribution in [0.2, 0.25) is 0 Å². The third-order valence-corrected chi connectivity index (χ3v) is 3.71. The Labute approximate surface area is 95.1 Å². The molecule has 0 radical (unpaired) electrons. The van der Waals surface area contributed by atoms with Crippen molar-refractivity contribution in [1.29, 1.82) is 0 Å². The highest BCUT2D eigenvalue weighted by Crippen LogP contribution is 2.26. The summed E-state index contributed by atoms with van der Waals surface area (Å²) >= 11 is 2.02. The molecule has 3 nitrogen and oxygen atoms in total. The number of hydrogen-bond donors (Lipinski definition) is 1. The summed E-state index contributed by atoms with van der Waals surface area (Å²) < 4.78 is 0. The van der Waals surface area contributed by atoms with Crippen molar-refractivity contribution in [3.63, 3.8) is 0 Å². The smallest absolute Gasteiger partial charge is 0.151 e. The number of pyridine rings is 1. The fraction of sp³-hybridized carbons (Fsp3) is 0.545. The quantitative estimate of drug-likeness (QED) is 0.790. The fourth-order valence-corrected chi connectivity index (χ4v) is 2.87. The first-order valence-electron chi connectivity index (χ1n) is 5.25. The van der Waals surface area contributed by atoms with Gasteiger partial charge < -0.3 is 10.6 Å². The van der Waals surface area contributed by atoms with E-state index in [0.29, 0.717) is 5.25 Å². The number of aromatic nitrogens is 1. The zero-order valence-corrected chi connectivity index (χ0v) is 10.0. The Balaban J connectivity index is 2.21. The lowest BCUT2D eigenvalue weighted by Crippen LogP contribution is -2.37. The molecule has 0 aromatic carbocycles. The maximum Gasteiger partial charge on any atom is 0.151 e. The van der Waals surface area contributed by atoms with Gasteiger partial charge in [-0.3, -0.25) is 0 Å². The standard InChI is InChI=1S/C11H17N3S/c1-8-5-10(12)11(13-6-8)14-3-4-15-9(2)7-14/h5-6,9H,3-4,7,12H2,1-2H3. The minimum atomic E-state index is 0.668. The van der Waals surface area contributed by atoms with Crippen LogP contribution in [0.5, 0.6) is 0 Å². The molecule has 2 N–H and O–H groups in total. The van der Waals surface area contributed by atoms with E-state index in [9.17, 15) is 0 Å². The molecule has 1 saturated heterocycles. The number of thioether (sulfide) groups is 1. The van der Waals surface area contributed by atoms with Crippen LogP contribution in [-0.4, -0.2) is 29.1 Å². The van der Waals surface area contributed by atoms with E-state index in [4.69, 9.17) is 5.73 Å². The summed E-state index contributed by atoms with van der Waals surface area (Å²) in [6.45, 7) is 6.36. The lowest BCUT2D eigenvalue weighted by molar-refractivity contribution is 0.771. The van der Waals surface area contributed by atoms with Gasteiger partial charge in [0.25, 0.3) is 0 Å². The average molecular weight is 223 g/mol. The maximum atomic E-state index is 5.99. The summed E-state index contributed by atoms with van der Waals surface area (Å²) in [6, 6.07) is 1.99. The van der Waals surface area contributed by atoms with Crippen LogP contribution in [-0.2, 0) is 0 Å². The summed E-state index contributed by atoms with van der Waals surface area (Å²) in [6.07, 6.45) is 1.89. The summed E-state index contributed by atoms with van der Waals surface area (Å²) in [5.41, 5.74) is 7.91. The molecule has 1 aromatic heterocycles. The Hall–Kier alpha value is -0.900. The molecule has 82 valence electrons. The minimum absolute atomic E-state index is 0.668. The van der Waals surface area contributed by atoms with Gasteiger partial charge in [-0.2, -0.15) is 11.8 Å². The number of nitrogens with zero attached hydrogens (tertiary/aromatic N) is 2. The Morgan fingerprint density at radius 1 is 1.60 bits per heavy atom. The molecule has 0 saturated carbocycles. The summed E-state index contributed by atoms with van der Waals surface area (Å²) in [7, 11) is 0. The van der Waals surface area contributed by atoms with E-state index in [1.165, 1.54) is 0 Å². The summed E-state index contributed by atoms with van der Waals surface area (Å²) in [4.78, 5) is 6.72. The molecule has 2 rings (SSSR count). The van der Waals surface area contributed by atoms with E-state index in [-0.39, 0.29) is 0 Å². The maximum absolute atomic E-state index is 5.99. The van der Waals surface area contributed by atoms with Crippen molar-refractivity contribution in [2.45, 2.75) is 19.1 Å². The van der Waals surface area contributed by atoms with Crippen LogP contribution in [0.25, 0.3) is 0 Å². The molecule has 1 aliphatic heterocycles. The highest BCUT2D eigenvalue weighted by atomic mass is 32.2. The van der Waals surface area contributed by atoms with Crippen LogP contribution in [0.1, 0.15) is 12.5 Å². The Morgan fingerprint density at radius 2 is 2.40 bits per heavy atom. The van der Waals surface area contributed by atoms with Gasteiger partial charge in [0.05, 0.1) is 5.69 Å². The lowest BCUT2D eigenvalue weighted by atomic mass is 10.2. The van der Waals surface area contributed by atoms with Crippen molar-refractivity contribution in [2.24, 2.45) is 0 Å². The molecule has 0 spiro atoms. The van der Waals surface area contributed by atoms with Crippen LogP contribution in [0.15, 0.2) is 12.3 Å². The van der Waals surface area contributed by atoms with Crippen molar-refractivity contribution in [3.8, 4) is 0 Å². The van der Waals surface area contributed by atoms with Gasteiger partial charge in [-0.05, 0) is 18.6 Å². The van der Waals surface area contributed by atoms with E-state index >= 15 is 0 Å². The van der Waals surface area contributed by atoms with Crippen molar-refractivity contribution in [1.82, 2.24) is 4.98 Å². The monoisotopic (exact) mass is 223 g/mol. The van der Waals surface area contributed by atoms with E-state index in [1.807, 2.05) is 30.9 Å². The highest BCUT2D eigenvalue weighted by molar-refractivity contribution is 8.00. The Kier molecular flexibility index (Phi) is 3.05. The Morgan fingerprint density at radius 3 is 3.07 bits per heavy atom. The van der Waals surface area contributed by atoms with Crippen molar-refractivity contribution >= 4 is 23.3 Å². The number of hydrogen-bond acceptors (Lipinski definition) is 4. The zero-order valence-electron chi connectivity index (χ0n) is 9.23.